The van der Waals surface area contributed by atoms with Crippen LogP contribution in [0, 0.1) is 11.6 Å². The molecule has 1 unspecified atom stereocenters. The molecule has 1 heterocycles. The first kappa shape index (κ1) is 15.0. The van der Waals surface area contributed by atoms with Crippen molar-refractivity contribution in [2.24, 2.45) is 0 Å². The molecule has 2 rings (SSSR count). The molecule has 8 heteroatoms. The van der Waals surface area contributed by atoms with Gasteiger partial charge in [-0.1, -0.05) is 12.1 Å². The standard InChI is InChI=1S/C13H14F2N4O2/c1-2-12(20)11-6-19(18-17-11)7-13(21)16-10-4-8(14)3-9(15)5-10/h3-6,12,20H,2,7H2,1H3,(H,16,21). The molecule has 1 amide bonds. The highest BCUT2D eigenvalue weighted by molar-refractivity contribution is 5.90. The predicted octanol–water partition coefficient (Wildman–Crippen LogP) is 1.64. The van der Waals surface area contributed by atoms with E-state index in [9.17, 15) is 18.7 Å². The van der Waals surface area contributed by atoms with Crippen LogP contribution in [0.3, 0.4) is 0 Å². The van der Waals surface area contributed by atoms with Crippen LogP contribution < -0.4 is 5.32 Å². The minimum Gasteiger partial charge on any atom is -0.387 e. The second kappa shape index (κ2) is 6.40. The van der Waals surface area contributed by atoms with Gasteiger partial charge in [0.1, 0.15) is 23.9 Å². The first-order chi connectivity index (χ1) is 9.97. The average Bonchev–Trinajstić information content (AvgIpc) is 2.84. The molecule has 1 aromatic heterocycles. The van der Waals surface area contributed by atoms with E-state index < -0.39 is 23.6 Å². The molecule has 21 heavy (non-hydrogen) atoms. The molecular weight excluding hydrogens is 282 g/mol. The zero-order chi connectivity index (χ0) is 15.4. The Bertz CT molecular complexity index is 625. The highest BCUT2D eigenvalue weighted by Crippen LogP contribution is 2.14. The summed E-state index contributed by atoms with van der Waals surface area (Å²) in [5.41, 5.74) is 0.383. The van der Waals surface area contributed by atoms with Crippen LogP contribution in [0.15, 0.2) is 24.4 Å². The van der Waals surface area contributed by atoms with Crippen LogP contribution in [0.5, 0.6) is 0 Å². The number of carbonyl (C=O) groups excluding carboxylic acids is 1. The SMILES string of the molecule is CCC(O)c1cn(CC(=O)Nc2cc(F)cc(F)c2)nn1. The maximum atomic E-state index is 13.0. The van der Waals surface area contributed by atoms with Crippen molar-refractivity contribution >= 4 is 11.6 Å². The maximum absolute atomic E-state index is 13.0. The molecule has 0 aliphatic rings. The highest BCUT2D eigenvalue weighted by atomic mass is 19.1. The number of hydrogen-bond acceptors (Lipinski definition) is 4. The summed E-state index contributed by atoms with van der Waals surface area (Å²) in [4.78, 5) is 11.7. The number of amides is 1. The smallest absolute Gasteiger partial charge is 0.246 e. The summed E-state index contributed by atoms with van der Waals surface area (Å²) >= 11 is 0. The van der Waals surface area contributed by atoms with Crippen molar-refractivity contribution in [2.45, 2.75) is 26.0 Å². The van der Waals surface area contributed by atoms with E-state index >= 15 is 0 Å². The van der Waals surface area contributed by atoms with E-state index in [-0.39, 0.29) is 12.2 Å². The molecule has 2 N–H and O–H groups in total. The minimum atomic E-state index is -0.778. The normalized spacial score (nSPS) is 12.2. The van der Waals surface area contributed by atoms with E-state index in [1.807, 2.05) is 0 Å². The molecule has 6 nitrogen and oxygen atoms in total. The van der Waals surface area contributed by atoms with Gasteiger partial charge in [-0.3, -0.25) is 4.79 Å². The number of aliphatic hydroxyl groups excluding tert-OH is 1. The Kier molecular flexibility index (Phi) is 4.59. The summed E-state index contributed by atoms with van der Waals surface area (Å²) in [5, 5.41) is 19.4. The maximum Gasteiger partial charge on any atom is 0.246 e. The second-order valence-electron chi connectivity index (χ2n) is 4.47. The van der Waals surface area contributed by atoms with Gasteiger partial charge < -0.3 is 10.4 Å². The van der Waals surface area contributed by atoms with Gasteiger partial charge in [-0.15, -0.1) is 5.10 Å². The van der Waals surface area contributed by atoms with E-state index in [0.717, 1.165) is 12.1 Å². The van der Waals surface area contributed by atoms with Crippen molar-refractivity contribution in [3.05, 3.63) is 41.7 Å². The van der Waals surface area contributed by atoms with Crippen LogP contribution in [0.25, 0.3) is 0 Å². The molecule has 1 aromatic carbocycles. The molecule has 0 spiro atoms. The van der Waals surface area contributed by atoms with Gasteiger partial charge in [0, 0.05) is 11.8 Å². The molecule has 0 aliphatic heterocycles. The van der Waals surface area contributed by atoms with Gasteiger partial charge in [-0.05, 0) is 18.6 Å². The van der Waals surface area contributed by atoms with Crippen molar-refractivity contribution in [1.82, 2.24) is 15.0 Å². The first-order valence-corrected chi connectivity index (χ1v) is 6.32. The van der Waals surface area contributed by atoms with Crippen LogP contribution in [0.1, 0.15) is 25.1 Å². The predicted molar refractivity (Wildman–Crippen MR) is 70.3 cm³/mol. The van der Waals surface area contributed by atoms with Gasteiger partial charge >= 0.3 is 0 Å². The number of anilines is 1. The van der Waals surface area contributed by atoms with E-state index in [1.165, 1.54) is 10.9 Å². The molecule has 0 aliphatic carbocycles. The number of benzene rings is 1. The van der Waals surface area contributed by atoms with Crippen molar-refractivity contribution in [1.29, 1.82) is 0 Å². The molecular formula is C13H14F2N4O2. The van der Waals surface area contributed by atoms with E-state index in [0.29, 0.717) is 18.2 Å². The molecule has 112 valence electrons. The van der Waals surface area contributed by atoms with Gasteiger partial charge in [0.25, 0.3) is 0 Å². The van der Waals surface area contributed by atoms with Gasteiger partial charge in [-0.2, -0.15) is 0 Å². The molecule has 0 bridgehead atoms. The average molecular weight is 296 g/mol. The third-order valence-corrected chi connectivity index (χ3v) is 2.74. The third kappa shape index (κ3) is 4.06. The van der Waals surface area contributed by atoms with Crippen LogP contribution in [0.4, 0.5) is 14.5 Å². The Hall–Kier alpha value is -2.35. The fourth-order valence-electron chi connectivity index (χ4n) is 1.73. The van der Waals surface area contributed by atoms with Crippen LogP contribution >= 0.6 is 0 Å². The summed E-state index contributed by atoms with van der Waals surface area (Å²) in [6.45, 7) is 1.61. The summed E-state index contributed by atoms with van der Waals surface area (Å²) < 4.78 is 27.2. The molecule has 2 aromatic rings. The zero-order valence-electron chi connectivity index (χ0n) is 11.3. The molecule has 0 saturated heterocycles. The zero-order valence-corrected chi connectivity index (χ0v) is 11.3. The van der Waals surface area contributed by atoms with Crippen molar-refractivity contribution in [3.63, 3.8) is 0 Å². The lowest BCUT2D eigenvalue weighted by Crippen LogP contribution is -2.19. The Morgan fingerprint density at radius 1 is 1.38 bits per heavy atom. The number of halogens is 2. The van der Waals surface area contributed by atoms with Gasteiger partial charge in [0.15, 0.2) is 0 Å². The van der Waals surface area contributed by atoms with Crippen LogP contribution in [-0.2, 0) is 11.3 Å². The Labute approximate surface area is 119 Å². The molecule has 0 fully saturated rings. The monoisotopic (exact) mass is 296 g/mol. The fourth-order valence-corrected chi connectivity index (χ4v) is 1.73. The number of hydrogen-bond donors (Lipinski definition) is 2. The summed E-state index contributed by atoms with van der Waals surface area (Å²) in [6.07, 6.45) is 1.19. The van der Waals surface area contributed by atoms with E-state index in [4.69, 9.17) is 0 Å². The van der Waals surface area contributed by atoms with Gasteiger partial charge in [0.2, 0.25) is 5.91 Å². The topological polar surface area (TPSA) is 80.0 Å². The minimum absolute atomic E-state index is 0.0198. The number of rotatable bonds is 5. The highest BCUT2D eigenvalue weighted by Gasteiger charge is 2.12. The third-order valence-electron chi connectivity index (χ3n) is 2.74. The van der Waals surface area contributed by atoms with Crippen molar-refractivity contribution < 1.29 is 18.7 Å². The summed E-state index contributed by atoms with van der Waals surface area (Å²) in [6, 6.07) is 2.73. The summed E-state index contributed by atoms with van der Waals surface area (Å²) in [7, 11) is 0. The molecule has 0 saturated carbocycles. The van der Waals surface area contributed by atoms with Gasteiger partial charge in [-0.25, -0.2) is 13.5 Å². The number of nitrogens with zero attached hydrogens (tertiary/aromatic N) is 3. The fraction of sp³-hybridized carbons (Fsp3) is 0.308. The Morgan fingerprint density at radius 3 is 2.67 bits per heavy atom. The number of carbonyl (C=O) groups is 1. The number of aromatic nitrogens is 3. The summed E-state index contributed by atoms with van der Waals surface area (Å²) in [5.74, 6) is -2.07. The molecule has 0 radical (unpaired) electrons. The van der Waals surface area contributed by atoms with Crippen LogP contribution in [0.2, 0.25) is 0 Å². The second-order valence-corrected chi connectivity index (χ2v) is 4.47. The lowest BCUT2D eigenvalue weighted by molar-refractivity contribution is -0.116. The quantitative estimate of drug-likeness (QED) is 0.879. The lowest BCUT2D eigenvalue weighted by atomic mass is 10.2. The van der Waals surface area contributed by atoms with Crippen molar-refractivity contribution in [2.75, 3.05) is 5.32 Å². The van der Waals surface area contributed by atoms with Gasteiger partial charge in [0.05, 0.1) is 12.3 Å². The Morgan fingerprint density at radius 2 is 2.05 bits per heavy atom. The molecule has 1 atom stereocenters. The lowest BCUT2D eigenvalue weighted by Gasteiger charge is -2.05. The van der Waals surface area contributed by atoms with Crippen LogP contribution in [-0.4, -0.2) is 26.0 Å². The first-order valence-electron chi connectivity index (χ1n) is 6.32. The van der Waals surface area contributed by atoms with Crippen molar-refractivity contribution in [3.8, 4) is 0 Å². The number of nitrogens with one attached hydrogen (secondary N) is 1. The van der Waals surface area contributed by atoms with E-state index in [1.54, 1.807) is 6.92 Å². The van der Waals surface area contributed by atoms with E-state index in [2.05, 4.69) is 15.6 Å². The Balaban J connectivity index is 1.99. The largest absolute Gasteiger partial charge is 0.387 e. The number of aliphatic hydroxyl groups is 1.